The normalized spacial score (nSPS) is 18.4. The van der Waals surface area contributed by atoms with Crippen LogP contribution in [0.5, 0.6) is 0 Å². The molecule has 0 unspecified atom stereocenters. The van der Waals surface area contributed by atoms with E-state index in [0.29, 0.717) is 13.1 Å². The van der Waals surface area contributed by atoms with E-state index in [1.807, 2.05) is 56.0 Å². The fourth-order valence-corrected chi connectivity index (χ4v) is 3.67. The topological polar surface area (TPSA) is 59.1 Å². The number of rotatable bonds is 4. The van der Waals surface area contributed by atoms with Gasteiger partial charge in [-0.05, 0) is 39.2 Å². The molecule has 1 aromatic carbocycles. The van der Waals surface area contributed by atoms with E-state index in [0.717, 1.165) is 37.8 Å². The van der Waals surface area contributed by atoms with Crippen molar-refractivity contribution in [2.75, 3.05) is 26.2 Å². The van der Waals surface area contributed by atoms with Gasteiger partial charge in [0.15, 0.2) is 0 Å². The first-order valence-electron chi connectivity index (χ1n) is 10.7. The standard InChI is InChI=1S/C18H26N2O2.C5H10O2/c21-18(22-15-16-7-3-1-4-8-16)20-13-11-19(12-14-20)17-9-5-2-6-10-17;1-5(2,3)7-4-6/h1,3-4,7-8,17H,2,5-6,9-15H2;4H,1-3H3. The fourth-order valence-electron chi connectivity index (χ4n) is 3.67. The molecule has 0 N–H and O–H groups in total. The van der Waals surface area contributed by atoms with E-state index in [1.165, 1.54) is 32.1 Å². The van der Waals surface area contributed by atoms with Crippen LogP contribution in [-0.4, -0.2) is 60.2 Å². The predicted octanol–water partition coefficient (Wildman–Crippen LogP) is 4.23. The summed E-state index contributed by atoms with van der Waals surface area (Å²) in [6.07, 6.45) is 6.61. The molecule has 0 bridgehead atoms. The Kier molecular flexibility index (Phi) is 9.45. The van der Waals surface area contributed by atoms with Gasteiger partial charge in [-0.1, -0.05) is 49.6 Å². The summed E-state index contributed by atoms with van der Waals surface area (Å²) in [5, 5.41) is 0. The summed E-state index contributed by atoms with van der Waals surface area (Å²) in [5.74, 6) is 0. The molecule has 2 fully saturated rings. The number of hydrogen-bond acceptors (Lipinski definition) is 5. The van der Waals surface area contributed by atoms with Crippen molar-refractivity contribution in [3.63, 3.8) is 0 Å². The predicted molar refractivity (Wildman–Crippen MR) is 114 cm³/mol. The van der Waals surface area contributed by atoms with Crippen molar-refractivity contribution >= 4 is 12.6 Å². The Hall–Kier alpha value is -2.08. The summed E-state index contributed by atoms with van der Waals surface area (Å²) in [7, 11) is 0. The third kappa shape index (κ3) is 8.86. The Labute approximate surface area is 175 Å². The largest absolute Gasteiger partial charge is 0.462 e. The van der Waals surface area contributed by atoms with Crippen LogP contribution in [0.1, 0.15) is 58.4 Å². The highest BCUT2D eigenvalue weighted by atomic mass is 16.6. The van der Waals surface area contributed by atoms with Gasteiger partial charge in [-0.25, -0.2) is 4.79 Å². The number of hydrogen-bond donors (Lipinski definition) is 0. The molecular weight excluding hydrogens is 368 g/mol. The van der Waals surface area contributed by atoms with E-state index in [4.69, 9.17) is 4.74 Å². The maximum atomic E-state index is 12.1. The van der Waals surface area contributed by atoms with Crippen molar-refractivity contribution in [3.8, 4) is 0 Å². The molecule has 0 radical (unpaired) electrons. The smallest absolute Gasteiger partial charge is 0.410 e. The van der Waals surface area contributed by atoms with Crippen molar-refractivity contribution in [2.45, 2.75) is 71.1 Å². The maximum absolute atomic E-state index is 12.1. The molecule has 1 saturated heterocycles. The number of carbonyl (C=O) groups is 2. The molecule has 0 aromatic heterocycles. The number of carbonyl (C=O) groups excluding carboxylic acids is 2. The number of amides is 1. The van der Waals surface area contributed by atoms with Gasteiger partial charge in [0.2, 0.25) is 0 Å². The first-order chi connectivity index (χ1) is 13.9. The molecule has 1 aliphatic carbocycles. The monoisotopic (exact) mass is 404 g/mol. The molecule has 29 heavy (non-hydrogen) atoms. The first-order valence-corrected chi connectivity index (χ1v) is 10.7. The van der Waals surface area contributed by atoms with Crippen LogP contribution in [0.4, 0.5) is 4.79 Å². The molecule has 1 heterocycles. The Bertz CT molecular complexity index is 601. The molecule has 1 amide bonds. The molecule has 162 valence electrons. The van der Waals surface area contributed by atoms with Crippen molar-refractivity contribution < 1.29 is 19.1 Å². The van der Waals surface area contributed by atoms with Crippen LogP contribution in [-0.2, 0) is 20.9 Å². The van der Waals surface area contributed by atoms with Gasteiger partial charge in [0.05, 0.1) is 0 Å². The zero-order valence-electron chi connectivity index (χ0n) is 18.1. The number of ether oxygens (including phenoxy) is 2. The van der Waals surface area contributed by atoms with Crippen molar-refractivity contribution in [1.82, 2.24) is 9.80 Å². The molecule has 0 spiro atoms. The minimum atomic E-state index is -0.318. The second kappa shape index (κ2) is 11.8. The fraction of sp³-hybridized carbons (Fsp3) is 0.652. The van der Waals surface area contributed by atoms with E-state index in [1.54, 1.807) is 0 Å². The molecule has 1 saturated carbocycles. The first kappa shape index (κ1) is 23.2. The highest BCUT2D eigenvalue weighted by molar-refractivity contribution is 5.67. The van der Waals surface area contributed by atoms with Crippen LogP contribution >= 0.6 is 0 Å². The van der Waals surface area contributed by atoms with E-state index in [2.05, 4.69) is 9.64 Å². The lowest BCUT2D eigenvalue weighted by Crippen LogP contribution is -2.52. The highest BCUT2D eigenvalue weighted by Crippen LogP contribution is 2.23. The van der Waals surface area contributed by atoms with Crippen molar-refractivity contribution in [2.24, 2.45) is 0 Å². The third-order valence-electron chi connectivity index (χ3n) is 5.27. The van der Waals surface area contributed by atoms with Gasteiger partial charge in [0.25, 0.3) is 6.47 Å². The summed E-state index contributed by atoms with van der Waals surface area (Å²) in [6.45, 7) is 9.86. The van der Waals surface area contributed by atoms with Crippen LogP contribution in [0.15, 0.2) is 30.3 Å². The van der Waals surface area contributed by atoms with E-state index >= 15 is 0 Å². The average Bonchev–Trinajstić information content (AvgIpc) is 2.73. The van der Waals surface area contributed by atoms with E-state index < -0.39 is 0 Å². The Morgan fingerprint density at radius 2 is 1.66 bits per heavy atom. The maximum Gasteiger partial charge on any atom is 0.410 e. The summed E-state index contributed by atoms with van der Waals surface area (Å²) in [4.78, 5) is 26.2. The van der Waals surface area contributed by atoms with Gasteiger partial charge < -0.3 is 14.4 Å². The number of benzene rings is 1. The molecule has 1 aromatic rings. The van der Waals surface area contributed by atoms with Crippen LogP contribution in [0.25, 0.3) is 0 Å². The van der Waals surface area contributed by atoms with E-state index in [-0.39, 0.29) is 11.7 Å². The van der Waals surface area contributed by atoms with Gasteiger partial charge >= 0.3 is 6.09 Å². The second-order valence-electron chi connectivity index (χ2n) is 8.68. The van der Waals surface area contributed by atoms with Gasteiger partial charge in [-0.2, -0.15) is 0 Å². The lowest BCUT2D eigenvalue weighted by Gasteiger charge is -2.40. The van der Waals surface area contributed by atoms with Crippen LogP contribution in [0, 0.1) is 0 Å². The summed E-state index contributed by atoms with van der Waals surface area (Å²) >= 11 is 0. The second-order valence-corrected chi connectivity index (χ2v) is 8.68. The van der Waals surface area contributed by atoms with Gasteiger partial charge in [-0.15, -0.1) is 0 Å². The zero-order chi connectivity index (χ0) is 21.1. The third-order valence-corrected chi connectivity index (χ3v) is 5.27. The van der Waals surface area contributed by atoms with Crippen molar-refractivity contribution in [1.29, 1.82) is 0 Å². The van der Waals surface area contributed by atoms with E-state index in [9.17, 15) is 9.59 Å². The number of piperazine rings is 1. The van der Waals surface area contributed by atoms with Crippen LogP contribution in [0.2, 0.25) is 0 Å². The molecule has 1 aliphatic heterocycles. The molecule has 6 heteroatoms. The lowest BCUT2D eigenvalue weighted by molar-refractivity contribution is -0.138. The molecular formula is C23H36N2O4. The molecule has 6 nitrogen and oxygen atoms in total. The Morgan fingerprint density at radius 3 is 2.17 bits per heavy atom. The van der Waals surface area contributed by atoms with Crippen molar-refractivity contribution in [3.05, 3.63) is 35.9 Å². The van der Waals surface area contributed by atoms with Gasteiger partial charge in [0.1, 0.15) is 12.2 Å². The Morgan fingerprint density at radius 1 is 1.03 bits per heavy atom. The van der Waals surface area contributed by atoms with Gasteiger partial charge in [0, 0.05) is 32.2 Å². The Balaban J connectivity index is 0.000000370. The molecule has 2 aliphatic rings. The summed E-state index contributed by atoms with van der Waals surface area (Å²) in [6, 6.07) is 10.6. The number of nitrogens with zero attached hydrogens (tertiary/aromatic N) is 2. The SMILES string of the molecule is CC(C)(C)OC=O.O=C(OCc1ccccc1)N1CCN(C2CCCCC2)CC1. The van der Waals surface area contributed by atoms with Crippen LogP contribution in [0.3, 0.4) is 0 Å². The highest BCUT2D eigenvalue weighted by Gasteiger charge is 2.27. The summed E-state index contributed by atoms with van der Waals surface area (Å²) in [5.41, 5.74) is 0.721. The zero-order valence-corrected chi connectivity index (χ0v) is 18.1. The lowest BCUT2D eigenvalue weighted by atomic mass is 9.94. The molecule has 0 atom stereocenters. The quantitative estimate of drug-likeness (QED) is 0.703. The van der Waals surface area contributed by atoms with Gasteiger partial charge in [-0.3, -0.25) is 9.69 Å². The molecule has 3 rings (SSSR count). The van der Waals surface area contributed by atoms with Crippen LogP contribution < -0.4 is 0 Å². The minimum Gasteiger partial charge on any atom is -0.462 e. The minimum absolute atomic E-state index is 0.174. The average molecular weight is 405 g/mol. The summed E-state index contributed by atoms with van der Waals surface area (Å²) < 4.78 is 9.97.